The lowest BCUT2D eigenvalue weighted by molar-refractivity contribution is -0.140. The molecule has 0 aromatic heterocycles. The Morgan fingerprint density at radius 3 is 2.58 bits per heavy atom. The maximum atomic E-state index is 13.4. The Bertz CT molecular complexity index is 1210. The molecule has 0 unspecified atom stereocenters. The third-order valence-electron chi connectivity index (χ3n) is 6.98. The van der Waals surface area contributed by atoms with Gasteiger partial charge >= 0.3 is 0 Å². The smallest absolute Gasteiger partial charge is 0.295 e. The zero-order chi connectivity index (χ0) is 26.5. The number of fused-ring (bicyclic) bond motifs is 1. The average Bonchev–Trinajstić information content (AvgIpc) is 3.21. The molecular weight excluding hydrogens is 488 g/mol. The minimum Gasteiger partial charge on any atom is -0.507 e. The molecule has 2 saturated heterocycles. The average molecular weight is 523 g/mol. The van der Waals surface area contributed by atoms with Crippen LogP contribution in [0.3, 0.4) is 0 Å². The van der Waals surface area contributed by atoms with Gasteiger partial charge in [0.05, 0.1) is 31.4 Å². The first-order valence-corrected chi connectivity index (χ1v) is 13.3. The molecule has 2 aromatic rings. The number of Topliss-reactive ketones (excluding diaryl/α,β-unsaturated/α-hetero) is 1. The van der Waals surface area contributed by atoms with Crippen molar-refractivity contribution >= 4 is 17.4 Å². The fraction of sp³-hybridized carbons (Fsp3) is 0.448. The summed E-state index contributed by atoms with van der Waals surface area (Å²) in [6.45, 7) is 7.70. The van der Waals surface area contributed by atoms with Gasteiger partial charge in [0, 0.05) is 31.7 Å². The molecule has 0 aliphatic carbocycles. The summed E-state index contributed by atoms with van der Waals surface area (Å²) in [4.78, 5) is 30.6. The SMILES string of the molecule is CCCOc1cccc([C@@H]2/C(=C(\O)c3ccc4c(c3)OCCO4)C(=O)C(=O)N2CCCN2CCOCC2)c1. The fourth-order valence-electron chi connectivity index (χ4n) is 5.09. The number of morpholine rings is 1. The van der Waals surface area contributed by atoms with Crippen LogP contribution in [0.4, 0.5) is 0 Å². The molecule has 3 aliphatic rings. The van der Waals surface area contributed by atoms with Gasteiger partial charge in [0.25, 0.3) is 11.7 Å². The summed E-state index contributed by atoms with van der Waals surface area (Å²) in [5.41, 5.74) is 1.16. The summed E-state index contributed by atoms with van der Waals surface area (Å²) in [5, 5.41) is 11.4. The second kappa shape index (κ2) is 11.9. The topological polar surface area (TPSA) is 97.8 Å². The predicted octanol–water partition coefficient (Wildman–Crippen LogP) is 3.39. The van der Waals surface area contributed by atoms with E-state index in [9.17, 15) is 14.7 Å². The lowest BCUT2D eigenvalue weighted by Crippen LogP contribution is -2.38. The molecule has 2 fully saturated rings. The van der Waals surface area contributed by atoms with Gasteiger partial charge in [-0.05, 0) is 48.7 Å². The van der Waals surface area contributed by atoms with E-state index in [4.69, 9.17) is 18.9 Å². The molecule has 202 valence electrons. The molecule has 38 heavy (non-hydrogen) atoms. The lowest BCUT2D eigenvalue weighted by atomic mass is 9.95. The lowest BCUT2D eigenvalue weighted by Gasteiger charge is -2.29. The molecule has 0 bridgehead atoms. The van der Waals surface area contributed by atoms with Crippen molar-refractivity contribution in [3.8, 4) is 17.2 Å². The fourth-order valence-corrected chi connectivity index (χ4v) is 5.09. The first-order valence-electron chi connectivity index (χ1n) is 13.3. The van der Waals surface area contributed by atoms with E-state index in [0.717, 1.165) is 26.1 Å². The van der Waals surface area contributed by atoms with Crippen LogP contribution in [0.1, 0.15) is 36.9 Å². The number of hydrogen-bond donors (Lipinski definition) is 1. The van der Waals surface area contributed by atoms with Crippen molar-refractivity contribution in [3.05, 3.63) is 59.2 Å². The molecule has 3 aliphatic heterocycles. The van der Waals surface area contributed by atoms with Crippen molar-refractivity contribution in [2.75, 3.05) is 59.2 Å². The van der Waals surface area contributed by atoms with E-state index in [-0.39, 0.29) is 11.3 Å². The Kier molecular flexibility index (Phi) is 8.14. The minimum absolute atomic E-state index is 0.0608. The van der Waals surface area contributed by atoms with Crippen LogP contribution in [-0.2, 0) is 14.3 Å². The summed E-state index contributed by atoms with van der Waals surface area (Å²) < 4.78 is 22.5. The summed E-state index contributed by atoms with van der Waals surface area (Å²) in [7, 11) is 0. The predicted molar refractivity (Wildman–Crippen MR) is 141 cm³/mol. The van der Waals surface area contributed by atoms with Crippen molar-refractivity contribution in [2.24, 2.45) is 0 Å². The van der Waals surface area contributed by atoms with Crippen LogP contribution >= 0.6 is 0 Å². The number of aliphatic hydroxyl groups excluding tert-OH is 1. The van der Waals surface area contributed by atoms with E-state index in [0.29, 0.717) is 74.4 Å². The van der Waals surface area contributed by atoms with Gasteiger partial charge in [-0.15, -0.1) is 0 Å². The normalized spacial score (nSPS) is 21.1. The second-order valence-corrected chi connectivity index (χ2v) is 9.58. The molecule has 1 N–H and O–H groups in total. The van der Waals surface area contributed by atoms with Crippen LogP contribution in [-0.4, -0.2) is 85.8 Å². The Morgan fingerprint density at radius 1 is 1.00 bits per heavy atom. The highest BCUT2D eigenvalue weighted by atomic mass is 16.6. The van der Waals surface area contributed by atoms with E-state index in [1.807, 2.05) is 31.2 Å². The number of carbonyl (C=O) groups is 2. The number of benzene rings is 2. The third kappa shape index (κ3) is 5.49. The van der Waals surface area contributed by atoms with Crippen LogP contribution < -0.4 is 14.2 Å². The van der Waals surface area contributed by atoms with Gasteiger partial charge < -0.3 is 29.0 Å². The van der Waals surface area contributed by atoms with Crippen LogP contribution in [0, 0.1) is 0 Å². The van der Waals surface area contributed by atoms with Gasteiger partial charge in [-0.1, -0.05) is 19.1 Å². The van der Waals surface area contributed by atoms with E-state index in [1.54, 1.807) is 23.1 Å². The highest BCUT2D eigenvalue weighted by Crippen LogP contribution is 2.41. The number of hydrogen-bond acceptors (Lipinski definition) is 8. The quantitative estimate of drug-likeness (QED) is 0.304. The number of aliphatic hydroxyl groups is 1. The van der Waals surface area contributed by atoms with Gasteiger partial charge in [-0.25, -0.2) is 0 Å². The molecule has 9 nitrogen and oxygen atoms in total. The van der Waals surface area contributed by atoms with Crippen LogP contribution in [0.15, 0.2) is 48.0 Å². The van der Waals surface area contributed by atoms with Gasteiger partial charge in [-0.3, -0.25) is 14.5 Å². The van der Waals surface area contributed by atoms with Gasteiger partial charge in [0.1, 0.15) is 24.7 Å². The Balaban J connectivity index is 1.49. The summed E-state index contributed by atoms with van der Waals surface area (Å²) in [6.07, 6.45) is 1.55. The molecule has 1 atom stereocenters. The Hall–Kier alpha value is -3.56. The molecule has 5 rings (SSSR count). The molecule has 0 saturated carbocycles. The maximum Gasteiger partial charge on any atom is 0.295 e. The number of carbonyl (C=O) groups excluding carboxylic acids is 2. The van der Waals surface area contributed by atoms with E-state index in [1.165, 1.54) is 0 Å². The summed E-state index contributed by atoms with van der Waals surface area (Å²) in [5.74, 6) is 0.174. The monoisotopic (exact) mass is 522 g/mol. The third-order valence-corrected chi connectivity index (χ3v) is 6.98. The first-order chi connectivity index (χ1) is 18.6. The van der Waals surface area contributed by atoms with Crippen LogP contribution in [0.25, 0.3) is 5.76 Å². The number of amides is 1. The van der Waals surface area contributed by atoms with Crippen molar-refractivity contribution in [3.63, 3.8) is 0 Å². The van der Waals surface area contributed by atoms with E-state index >= 15 is 0 Å². The standard InChI is InChI=1S/C29H34N2O7/c1-2-13-36-22-6-3-5-20(18-22)26-25(27(32)21-7-8-23-24(19-21)38-17-16-37-23)28(33)29(34)31(26)10-4-9-30-11-14-35-15-12-30/h3,5-8,18-19,26,32H,2,4,9-17H2,1H3/b27-25+/t26-/m1/s1. The van der Waals surface area contributed by atoms with E-state index in [2.05, 4.69) is 4.90 Å². The van der Waals surface area contributed by atoms with Crippen molar-refractivity contribution in [1.82, 2.24) is 9.80 Å². The molecule has 3 heterocycles. The minimum atomic E-state index is -0.738. The second-order valence-electron chi connectivity index (χ2n) is 9.58. The van der Waals surface area contributed by atoms with Crippen molar-refractivity contribution < 1.29 is 33.6 Å². The number of nitrogens with zero attached hydrogens (tertiary/aromatic N) is 2. The summed E-state index contributed by atoms with van der Waals surface area (Å²) in [6, 6.07) is 11.7. The molecule has 0 spiro atoms. The number of ether oxygens (including phenoxy) is 4. The zero-order valence-electron chi connectivity index (χ0n) is 21.7. The van der Waals surface area contributed by atoms with Gasteiger partial charge in [0.15, 0.2) is 11.5 Å². The maximum absolute atomic E-state index is 13.4. The van der Waals surface area contributed by atoms with Gasteiger partial charge in [0.2, 0.25) is 0 Å². The number of ketones is 1. The number of likely N-dealkylation sites (tertiary alicyclic amines) is 1. The van der Waals surface area contributed by atoms with Crippen molar-refractivity contribution in [2.45, 2.75) is 25.8 Å². The van der Waals surface area contributed by atoms with Crippen LogP contribution in [0.2, 0.25) is 0 Å². The van der Waals surface area contributed by atoms with E-state index < -0.39 is 17.7 Å². The molecule has 2 aromatic carbocycles. The van der Waals surface area contributed by atoms with Gasteiger partial charge in [-0.2, -0.15) is 0 Å². The largest absolute Gasteiger partial charge is 0.507 e. The Morgan fingerprint density at radius 2 is 1.79 bits per heavy atom. The molecule has 1 amide bonds. The first kappa shape index (κ1) is 26.1. The molecule has 9 heteroatoms. The Labute approximate surface area is 222 Å². The molecular formula is C29H34N2O7. The highest BCUT2D eigenvalue weighted by Gasteiger charge is 2.46. The zero-order valence-corrected chi connectivity index (χ0v) is 21.7. The summed E-state index contributed by atoms with van der Waals surface area (Å²) >= 11 is 0. The highest BCUT2D eigenvalue weighted by molar-refractivity contribution is 6.46. The number of rotatable bonds is 9. The van der Waals surface area contributed by atoms with Crippen molar-refractivity contribution in [1.29, 1.82) is 0 Å². The van der Waals surface area contributed by atoms with Crippen LogP contribution in [0.5, 0.6) is 17.2 Å². The molecule has 0 radical (unpaired) electrons.